The van der Waals surface area contributed by atoms with E-state index in [1.165, 1.54) is 4.90 Å². The van der Waals surface area contributed by atoms with Gasteiger partial charge < -0.3 is 0 Å². The maximum atomic E-state index is 12.2. The standard InChI is InChI=1S/C18H13ClN4O2/c19-13-5-3-4-12(8-13)9-22-10-14(20-21-22)11-23-16-7-2-1-6-15(16)17(24)18(23)25/h1-8,10H,9,11H2. The van der Waals surface area contributed by atoms with Gasteiger partial charge in [0.25, 0.3) is 11.7 Å². The average molecular weight is 353 g/mol. The van der Waals surface area contributed by atoms with E-state index in [0.29, 0.717) is 28.5 Å². The molecule has 0 bridgehead atoms. The van der Waals surface area contributed by atoms with Crippen LogP contribution in [0.5, 0.6) is 0 Å². The second kappa shape index (κ2) is 6.14. The molecule has 0 atom stereocenters. The highest BCUT2D eigenvalue weighted by Crippen LogP contribution is 2.29. The molecule has 0 aliphatic carbocycles. The maximum absolute atomic E-state index is 12.2. The predicted molar refractivity (Wildman–Crippen MR) is 92.5 cm³/mol. The number of rotatable bonds is 4. The molecule has 3 aromatic rings. The molecule has 0 saturated heterocycles. The molecule has 0 N–H and O–H groups in total. The number of carbonyl (C=O) groups is 2. The van der Waals surface area contributed by atoms with Crippen molar-refractivity contribution in [3.05, 3.63) is 76.6 Å². The van der Waals surface area contributed by atoms with Crippen LogP contribution in [0, 0.1) is 0 Å². The third-order valence-electron chi connectivity index (χ3n) is 4.02. The van der Waals surface area contributed by atoms with Gasteiger partial charge in [0.2, 0.25) is 0 Å². The van der Waals surface area contributed by atoms with Gasteiger partial charge in [-0.1, -0.05) is 41.1 Å². The van der Waals surface area contributed by atoms with E-state index in [1.807, 2.05) is 24.3 Å². The molecule has 7 heteroatoms. The number of amides is 1. The number of ketones is 1. The number of hydrogen-bond acceptors (Lipinski definition) is 4. The van der Waals surface area contributed by atoms with Crippen molar-refractivity contribution < 1.29 is 9.59 Å². The lowest BCUT2D eigenvalue weighted by Crippen LogP contribution is -2.29. The zero-order valence-electron chi connectivity index (χ0n) is 13.1. The Balaban J connectivity index is 1.54. The Morgan fingerprint density at radius 2 is 1.84 bits per heavy atom. The number of fused-ring (bicyclic) bond motifs is 1. The fraction of sp³-hybridized carbons (Fsp3) is 0.111. The minimum Gasteiger partial charge on any atom is -0.299 e. The Hall–Kier alpha value is -2.99. The summed E-state index contributed by atoms with van der Waals surface area (Å²) < 4.78 is 1.68. The largest absolute Gasteiger partial charge is 0.299 e. The Morgan fingerprint density at radius 3 is 2.68 bits per heavy atom. The van der Waals surface area contributed by atoms with E-state index in [0.717, 1.165) is 5.56 Å². The summed E-state index contributed by atoms with van der Waals surface area (Å²) >= 11 is 5.99. The second-order valence-electron chi connectivity index (χ2n) is 5.77. The quantitative estimate of drug-likeness (QED) is 0.677. The van der Waals surface area contributed by atoms with Crippen molar-refractivity contribution in [1.29, 1.82) is 0 Å². The van der Waals surface area contributed by atoms with Crippen LogP contribution in [0.1, 0.15) is 21.6 Å². The molecule has 0 spiro atoms. The van der Waals surface area contributed by atoms with Gasteiger partial charge in [-0.05, 0) is 29.8 Å². The van der Waals surface area contributed by atoms with Crippen LogP contribution in [0.15, 0.2) is 54.7 Å². The van der Waals surface area contributed by atoms with Crippen molar-refractivity contribution >= 4 is 29.0 Å². The maximum Gasteiger partial charge on any atom is 0.299 e. The van der Waals surface area contributed by atoms with Gasteiger partial charge in [0.1, 0.15) is 5.69 Å². The van der Waals surface area contributed by atoms with Gasteiger partial charge in [0, 0.05) is 5.02 Å². The highest BCUT2D eigenvalue weighted by Gasteiger charge is 2.35. The van der Waals surface area contributed by atoms with Crippen LogP contribution in [0.2, 0.25) is 5.02 Å². The van der Waals surface area contributed by atoms with E-state index in [1.54, 1.807) is 35.1 Å². The molecule has 1 amide bonds. The number of nitrogens with zero attached hydrogens (tertiary/aromatic N) is 4. The summed E-state index contributed by atoms with van der Waals surface area (Å²) in [5.41, 5.74) is 2.65. The van der Waals surface area contributed by atoms with Gasteiger partial charge >= 0.3 is 0 Å². The SMILES string of the molecule is O=C1C(=O)N(Cc2cn(Cc3cccc(Cl)c3)nn2)c2ccccc21. The highest BCUT2D eigenvalue weighted by molar-refractivity contribution is 6.52. The summed E-state index contributed by atoms with van der Waals surface area (Å²) in [5, 5.41) is 8.85. The summed E-state index contributed by atoms with van der Waals surface area (Å²) in [6.07, 6.45) is 1.76. The van der Waals surface area contributed by atoms with Gasteiger partial charge in [-0.25, -0.2) is 4.68 Å². The first-order valence-electron chi connectivity index (χ1n) is 7.70. The summed E-state index contributed by atoms with van der Waals surface area (Å²) in [5.74, 6) is -1.02. The molecule has 25 heavy (non-hydrogen) atoms. The molecule has 124 valence electrons. The lowest BCUT2D eigenvalue weighted by molar-refractivity contribution is -0.114. The van der Waals surface area contributed by atoms with Gasteiger partial charge in [-0.2, -0.15) is 0 Å². The first kappa shape index (κ1) is 15.5. The van der Waals surface area contributed by atoms with E-state index >= 15 is 0 Å². The molecular formula is C18H13ClN4O2. The summed E-state index contributed by atoms with van der Waals surface area (Å²) in [7, 11) is 0. The lowest BCUT2D eigenvalue weighted by Gasteiger charge is -2.14. The molecule has 4 rings (SSSR count). The summed E-state index contributed by atoms with van der Waals surface area (Å²) in [6.45, 7) is 0.730. The van der Waals surface area contributed by atoms with E-state index in [4.69, 9.17) is 11.6 Å². The van der Waals surface area contributed by atoms with Gasteiger partial charge in [-0.3, -0.25) is 14.5 Å². The first-order chi connectivity index (χ1) is 12.1. The first-order valence-corrected chi connectivity index (χ1v) is 8.08. The van der Waals surface area contributed by atoms with Gasteiger partial charge in [-0.15, -0.1) is 5.10 Å². The number of benzene rings is 2. The van der Waals surface area contributed by atoms with Crippen molar-refractivity contribution in [3.8, 4) is 0 Å². The molecule has 6 nitrogen and oxygen atoms in total. The lowest BCUT2D eigenvalue weighted by atomic mass is 10.1. The minimum atomic E-state index is -0.536. The van der Waals surface area contributed by atoms with Crippen LogP contribution in [0.4, 0.5) is 5.69 Å². The third kappa shape index (κ3) is 2.92. The Labute approximate surface area is 148 Å². The zero-order valence-corrected chi connectivity index (χ0v) is 13.8. The Bertz CT molecular complexity index is 982. The average Bonchev–Trinajstić information content (AvgIpc) is 3.14. The Kier molecular flexibility index (Phi) is 3.82. The van der Waals surface area contributed by atoms with Crippen LogP contribution in [0.3, 0.4) is 0 Å². The smallest absolute Gasteiger partial charge is 0.299 e. The molecule has 0 fully saturated rings. The number of para-hydroxylation sites is 1. The topological polar surface area (TPSA) is 68.1 Å². The predicted octanol–water partition coefficient (Wildman–Crippen LogP) is 2.71. The van der Waals surface area contributed by atoms with Gasteiger partial charge in [0.15, 0.2) is 0 Å². The van der Waals surface area contributed by atoms with E-state index in [2.05, 4.69) is 10.3 Å². The molecule has 0 saturated carbocycles. The molecule has 1 aliphatic heterocycles. The van der Waals surface area contributed by atoms with E-state index in [-0.39, 0.29) is 6.54 Å². The van der Waals surface area contributed by atoms with Gasteiger partial charge in [0.05, 0.1) is 30.5 Å². The molecule has 1 aromatic heterocycles. The molecule has 1 aliphatic rings. The monoisotopic (exact) mass is 352 g/mol. The second-order valence-corrected chi connectivity index (χ2v) is 6.21. The van der Waals surface area contributed by atoms with Crippen LogP contribution in [-0.2, 0) is 17.9 Å². The molecule has 0 radical (unpaired) electrons. The van der Waals surface area contributed by atoms with E-state index < -0.39 is 11.7 Å². The Morgan fingerprint density at radius 1 is 1.00 bits per heavy atom. The summed E-state index contributed by atoms with van der Waals surface area (Å²) in [6, 6.07) is 14.5. The fourth-order valence-corrected chi connectivity index (χ4v) is 3.09. The minimum absolute atomic E-state index is 0.205. The number of Topliss-reactive ketones (excluding diaryl/α,β-unsaturated/α-hetero) is 1. The number of halogens is 1. The highest BCUT2D eigenvalue weighted by atomic mass is 35.5. The number of anilines is 1. The third-order valence-corrected chi connectivity index (χ3v) is 4.25. The van der Waals surface area contributed by atoms with Crippen molar-refractivity contribution in [2.45, 2.75) is 13.1 Å². The molecule has 0 unspecified atom stereocenters. The van der Waals surface area contributed by atoms with Crippen molar-refractivity contribution in [1.82, 2.24) is 15.0 Å². The number of carbonyl (C=O) groups excluding carboxylic acids is 2. The van der Waals surface area contributed by atoms with Crippen molar-refractivity contribution in [2.75, 3.05) is 4.90 Å². The summed E-state index contributed by atoms with van der Waals surface area (Å²) in [4.78, 5) is 25.7. The van der Waals surface area contributed by atoms with Crippen molar-refractivity contribution in [3.63, 3.8) is 0 Å². The molecular weight excluding hydrogens is 340 g/mol. The zero-order chi connectivity index (χ0) is 17.4. The van der Waals surface area contributed by atoms with Crippen LogP contribution < -0.4 is 4.90 Å². The fourth-order valence-electron chi connectivity index (χ4n) is 2.88. The number of aromatic nitrogens is 3. The van der Waals surface area contributed by atoms with Crippen LogP contribution in [-0.4, -0.2) is 26.7 Å². The van der Waals surface area contributed by atoms with Crippen LogP contribution in [0.25, 0.3) is 0 Å². The molecule has 2 aromatic carbocycles. The van der Waals surface area contributed by atoms with E-state index in [9.17, 15) is 9.59 Å². The molecule has 2 heterocycles. The number of hydrogen-bond donors (Lipinski definition) is 0. The van der Waals surface area contributed by atoms with Crippen molar-refractivity contribution in [2.24, 2.45) is 0 Å². The van der Waals surface area contributed by atoms with Crippen LogP contribution >= 0.6 is 11.6 Å². The normalized spacial score (nSPS) is 13.4.